The first-order valence-electron chi connectivity index (χ1n) is 10.3. The number of pyridine rings is 1. The maximum absolute atomic E-state index is 13.0. The second-order valence-electron chi connectivity index (χ2n) is 8.91. The molecule has 0 unspecified atom stereocenters. The summed E-state index contributed by atoms with van der Waals surface area (Å²) < 4.78 is 35.1. The molecule has 1 aromatic carbocycles. The van der Waals surface area contributed by atoms with Crippen molar-refractivity contribution < 1.29 is 17.9 Å². The highest BCUT2D eigenvalue weighted by atomic mass is 35.5. The topological polar surface area (TPSA) is 138 Å². The van der Waals surface area contributed by atoms with Crippen LogP contribution >= 0.6 is 11.8 Å². The van der Waals surface area contributed by atoms with Crippen molar-refractivity contribution in [3.63, 3.8) is 0 Å². The summed E-state index contributed by atoms with van der Waals surface area (Å²) in [5.74, 6) is -0.809. The average Bonchev–Trinajstić information content (AvgIpc) is 2.71. The lowest BCUT2D eigenvalue weighted by atomic mass is 9.86. The van der Waals surface area contributed by atoms with Gasteiger partial charge in [0.15, 0.2) is 0 Å². The first-order valence-corrected chi connectivity index (χ1v) is 12.1. The van der Waals surface area contributed by atoms with Crippen molar-refractivity contribution in [3.05, 3.63) is 30.6 Å². The number of ether oxygens (including phenoxy) is 1. The first kappa shape index (κ1) is 24.2. The molecule has 11 heteroatoms. The third kappa shape index (κ3) is 5.67. The number of halogens is 1. The van der Waals surface area contributed by atoms with Gasteiger partial charge in [0.1, 0.15) is 5.60 Å². The highest BCUT2D eigenvalue weighted by Gasteiger charge is 2.32. The summed E-state index contributed by atoms with van der Waals surface area (Å²) in [5, 5.41) is 8.65. The second-order valence-corrected chi connectivity index (χ2v) is 11.0. The minimum atomic E-state index is -3.77. The molecule has 0 atom stereocenters. The molecular formula is C21H28ClN5O4S. The summed E-state index contributed by atoms with van der Waals surface area (Å²) in [7, 11) is -3.77. The quantitative estimate of drug-likeness (QED) is 0.258. The number of nitrogens with two attached hydrogens (primary N) is 1. The Labute approximate surface area is 192 Å². The molecule has 0 saturated heterocycles. The molecule has 1 aromatic heterocycles. The van der Waals surface area contributed by atoms with Gasteiger partial charge in [-0.05, 0) is 58.6 Å². The zero-order valence-electron chi connectivity index (χ0n) is 18.3. The first-order chi connectivity index (χ1) is 14.9. The number of carbonyl (C=O) groups excluding carboxylic acids is 1. The zero-order chi connectivity index (χ0) is 23.7. The average molecular weight is 482 g/mol. The van der Waals surface area contributed by atoms with Gasteiger partial charge in [0, 0.05) is 34.8 Å². The van der Waals surface area contributed by atoms with Gasteiger partial charge < -0.3 is 10.5 Å². The largest absolute Gasteiger partial charge is 0.460 e. The summed E-state index contributed by atoms with van der Waals surface area (Å²) in [6.45, 7) is 5.49. The van der Waals surface area contributed by atoms with Crippen LogP contribution in [-0.4, -0.2) is 37.0 Å². The Morgan fingerprint density at radius 2 is 1.91 bits per heavy atom. The highest BCUT2D eigenvalue weighted by molar-refractivity contribution is 7.89. The fraction of sp³-hybridized carbons (Fsp3) is 0.476. The number of hydrogen-bond acceptors (Lipinski definition) is 6. The molecule has 1 saturated carbocycles. The number of benzene rings is 1. The predicted molar refractivity (Wildman–Crippen MR) is 124 cm³/mol. The van der Waals surface area contributed by atoms with Gasteiger partial charge >= 0.3 is 5.97 Å². The van der Waals surface area contributed by atoms with Crippen LogP contribution in [0, 0.1) is 11.3 Å². The van der Waals surface area contributed by atoms with E-state index in [1.807, 2.05) is 20.8 Å². The van der Waals surface area contributed by atoms with Gasteiger partial charge in [-0.1, -0.05) is 6.07 Å². The molecule has 0 bridgehead atoms. The molecule has 0 spiro atoms. The van der Waals surface area contributed by atoms with Crippen LogP contribution in [0.3, 0.4) is 0 Å². The smallest absolute Gasteiger partial charge is 0.309 e. The molecule has 1 aliphatic rings. The Hall–Kier alpha value is -2.43. The Bertz CT molecular complexity index is 1120. The van der Waals surface area contributed by atoms with Crippen molar-refractivity contribution in [2.45, 2.75) is 63.0 Å². The number of guanidine groups is 1. The number of anilines is 1. The molecule has 3 rings (SSSR count). The van der Waals surface area contributed by atoms with Crippen LogP contribution < -0.4 is 14.9 Å². The van der Waals surface area contributed by atoms with Gasteiger partial charge in [0.25, 0.3) is 0 Å². The monoisotopic (exact) mass is 481 g/mol. The molecule has 32 heavy (non-hydrogen) atoms. The lowest BCUT2D eigenvalue weighted by Gasteiger charge is -2.30. The van der Waals surface area contributed by atoms with Crippen LogP contribution in [0.4, 0.5) is 5.69 Å². The lowest BCUT2D eigenvalue weighted by Crippen LogP contribution is -2.39. The van der Waals surface area contributed by atoms with Gasteiger partial charge in [-0.15, -0.1) is 0 Å². The van der Waals surface area contributed by atoms with Crippen molar-refractivity contribution in [3.8, 4) is 0 Å². The molecule has 0 aliphatic heterocycles. The van der Waals surface area contributed by atoms with Gasteiger partial charge in [0.05, 0.1) is 22.7 Å². The van der Waals surface area contributed by atoms with Crippen LogP contribution in [0.2, 0.25) is 0 Å². The normalized spacial score (nSPS) is 19.5. The second kappa shape index (κ2) is 9.21. The number of nitrogens with zero attached hydrogens (tertiary/aromatic N) is 2. The third-order valence-electron chi connectivity index (χ3n) is 5.23. The Kier molecular flexibility index (Phi) is 6.97. The van der Waals surface area contributed by atoms with E-state index in [0.717, 1.165) is 4.42 Å². The number of rotatable bonds is 5. The van der Waals surface area contributed by atoms with E-state index in [-0.39, 0.29) is 28.8 Å². The SMILES string of the molecule is CC(C)(C)OC(=O)C1CCC(NS(=O)(=O)c2ccc3c(N(Cl)C(=N)N)cncc3c2)CC1. The van der Waals surface area contributed by atoms with Crippen LogP contribution in [0.5, 0.6) is 0 Å². The van der Waals surface area contributed by atoms with Crippen molar-refractivity contribution in [1.82, 2.24) is 9.71 Å². The number of carbonyl (C=O) groups is 1. The number of nitrogens with one attached hydrogen (secondary N) is 2. The molecule has 1 heterocycles. The van der Waals surface area contributed by atoms with E-state index in [1.54, 1.807) is 6.07 Å². The third-order valence-corrected chi connectivity index (χ3v) is 7.11. The van der Waals surface area contributed by atoms with Gasteiger partial charge in [-0.3, -0.25) is 15.2 Å². The number of fused-ring (bicyclic) bond motifs is 1. The molecule has 0 amide bonds. The summed E-state index contributed by atoms with van der Waals surface area (Å²) in [5.41, 5.74) is 5.28. The summed E-state index contributed by atoms with van der Waals surface area (Å²) >= 11 is 6.03. The Morgan fingerprint density at radius 1 is 1.25 bits per heavy atom. The number of esters is 1. The number of sulfonamides is 1. The summed E-state index contributed by atoms with van der Waals surface area (Å²) in [6, 6.07) is 4.34. The van der Waals surface area contributed by atoms with Crippen LogP contribution in [0.15, 0.2) is 35.5 Å². The Morgan fingerprint density at radius 3 is 2.50 bits per heavy atom. The van der Waals surface area contributed by atoms with E-state index in [4.69, 9.17) is 27.7 Å². The summed E-state index contributed by atoms with van der Waals surface area (Å²) in [4.78, 5) is 16.4. The summed E-state index contributed by atoms with van der Waals surface area (Å²) in [6.07, 6.45) is 5.24. The predicted octanol–water partition coefficient (Wildman–Crippen LogP) is 3.27. The molecule has 2 aromatic rings. The van der Waals surface area contributed by atoms with E-state index >= 15 is 0 Å². The van der Waals surface area contributed by atoms with Gasteiger partial charge in [-0.25, -0.2) is 17.6 Å². The van der Waals surface area contributed by atoms with Gasteiger partial charge in [-0.2, -0.15) is 0 Å². The van der Waals surface area contributed by atoms with E-state index in [1.165, 1.54) is 24.5 Å². The molecular weight excluding hydrogens is 454 g/mol. The maximum atomic E-state index is 13.0. The molecule has 4 N–H and O–H groups in total. The van der Waals surface area contributed by atoms with Crippen molar-refractivity contribution in [2.24, 2.45) is 11.7 Å². The fourth-order valence-corrected chi connectivity index (χ4v) is 5.19. The highest BCUT2D eigenvalue weighted by Crippen LogP contribution is 2.30. The minimum absolute atomic E-state index is 0.0992. The van der Waals surface area contributed by atoms with Gasteiger partial charge in [0.2, 0.25) is 16.0 Å². The molecule has 0 radical (unpaired) electrons. The van der Waals surface area contributed by atoms with E-state index in [0.29, 0.717) is 42.1 Å². The fourth-order valence-electron chi connectivity index (χ4n) is 3.71. The van der Waals surface area contributed by atoms with Crippen molar-refractivity contribution >= 4 is 50.2 Å². The zero-order valence-corrected chi connectivity index (χ0v) is 19.8. The van der Waals surface area contributed by atoms with E-state index in [9.17, 15) is 13.2 Å². The lowest BCUT2D eigenvalue weighted by molar-refractivity contribution is -0.161. The van der Waals surface area contributed by atoms with Crippen molar-refractivity contribution in [2.75, 3.05) is 4.42 Å². The number of aromatic nitrogens is 1. The maximum Gasteiger partial charge on any atom is 0.309 e. The molecule has 174 valence electrons. The van der Waals surface area contributed by atoms with Crippen molar-refractivity contribution in [1.29, 1.82) is 5.41 Å². The van der Waals surface area contributed by atoms with E-state index in [2.05, 4.69) is 9.71 Å². The molecule has 1 fully saturated rings. The minimum Gasteiger partial charge on any atom is -0.460 e. The number of hydrogen-bond donors (Lipinski definition) is 3. The van der Waals surface area contributed by atoms with Crippen LogP contribution in [0.25, 0.3) is 10.8 Å². The standard InChI is InChI=1S/C21H28ClN5O4S/c1-21(2,3)31-19(28)13-4-6-15(7-5-13)26-32(29,30)16-8-9-17-14(10-16)11-25-12-18(17)27(22)20(23)24/h8-13,15,26H,4-7H2,1-3H3,(H3,23,24). The molecule has 1 aliphatic carbocycles. The van der Waals surface area contributed by atoms with E-state index < -0.39 is 15.6 Å². The van der Waals surface area contributed by atoms with Crippen LogP contribution in [-0.2, 0) is 19.6 Å². The Balaban J connectivity index is 1.71. The molecule has 9 nitrogen and oxygen atoms in total. The van der Waals surface area contributed by atoms with Crippen LogP contribution in [0.1, 0.15) is 46.5 Å².